The number of β-amino-alcohol motifs (C(OH)–C–C–N with tert-alkyl or cyclic N) is 1. The number of benzene rings is 1. The number of anilines is 4. The Morgan fingerprint density at radius 3 is 2.26 bits per heavy atom. The molecule has 0 saturated carbocycles. The van der Waals surface area contributed by atoms with E-state index in [-0.39, 0.29) is 11.2 Å². The summed E-state index contributed by atoms with van der Waals surface area (Å²) in [6.45, 7) is 6.55. The van der Waals surface area contributed by atoms with Crippen molar-refractivity contribution in [2.24, 2.45) is 5.73 Å². The quantitative estimate of drug-likeness (QED) is 0.398. The first kappa shape index (κ1) is 24.7. The molecule has 2 saturated heterocycles. The van der Waals surface area contributed by atoms with Gasteiger partial charge in [0.15, 0.2) is 0 Å². The summed E-state index contributed by atoms with van der Waals surface area (Å²) < 4.78 is 0.272. The van der Waals surface area contributed by atoms with Crippen LogP contribution >= 0.6 is 0 Å². The third-order valence-corrected chi connectivity index (χ3v) is 6.72. The Morgan fingerprint density at radius 2 is 1.68 bits per heavy atom. The fourth-order valence-corrected chi connectivity index (χ4v) is 4.82. The zero-order valence-corrected chi connectivity index (χ0v) is 20.5. The number of hydrogen-bond acceptors (Lipinski definition) is 9. The molecule has 1 aromatic heterocycles. The van der Waals surface area contributed by atoms with Crippen LogP contribution in [0.2, 0.25) is 0 Å². The SMILES string of the molecule is N=Cc1nc(N2CCCCCC2)nc(Nc2ccc(N3CCN(CCO)CC3)cc2)c1[C](N)=[Co]. The molecule has 0 bridgehead atoms. The first-order chi connectivity index (χ1) is 16.6. The molecule has 1 aromatic carbocycles. The molecular weight excluding hydrogens is 475 g/mol. The summed E-state index contributed by atoms with van der Waals surface area (Å²) in [6.07, 6.45) is 5.88. The van der Waals surface area contributed by atoms with Gasteiger partial charge in [0.2, 0.25) is 0 Å². The Bertz CT molecular complexity index is 983. The number of hydrogen-bond donors (Lipinski definition) is 4. The van der Waals surface area contributed by atoms with Crippen LogP contribution < -0.4 is 20.9 Å². The van der Waals surface area contributed by atoms with Gasteiger partial charge in [-0.15, -0.1) is 0 Å². The molecule has 2 aliphatic heterocycles. The maximum atomic E-state index is 9.14. The van der Waals surface area contributed by atoms with E-state index >= 15 is 0 Å². The zero-order chi connectivity index (χ0) is 23.9. The third kappa shape index (κ3) is 6.00. The summed E-state index contributed by atoms with van der Waals surface area (Å²) in [5, 5.41) is 20.4. The van der Waals surface area contributed by atoms with Gasteiger partial charge >= 0.3 is 191 Å². The van der Waals surface area contributed by atoms with Crippen molar-refractivity contribution < 1.29 is 20.4 Å². The van der Waals surface area contributed by atoms with Gasteiger partial charge in [-0.2, -0.15) is 0 Å². The van der Waals surface area contributed by atoms with Gasteiger partial charge in [0.05, 0.1) is 6.61 Å². The molecule has 2 fully saturated rings. The van der Waals surface area contributed by atoms with E-state index in [4.69, 9.17) is 21.2 Å². The number of nitrogens with one attached hydrogen (secondary N) is 2. The van der Waals surface area contributed by atoms with E-state index in [1.165, 1.54) is 24.7 Å². The molecule has 9 nitrogen and oxygen atoms in total. The van der Waals surface area contributed by atoms with Crippen molar-refractivity contribution >= 4 is 33.9 Å². The molecule has 0 spiro atoms. The van der Waals surface area contributed by atoms with E-state index in [0.717, 1.165) is 64.3 Å². The van der Waals surface area contributed by atoms with Gasteiger partial charge in [0.1, 0.15) is 0 Å². The van der Waals surface area contributed by atoms with Crippen LogP contribution in [0.1, 0.15) is 36.9 Å². The summed E-state index contributed by atoms with van der Waals surface area (Å²) in [4.78, 5) is 16.3. The molecule has 185 valence electrons. The molecule has 3 heterocycles. The Labute approximate surface area is 209 Å². The van der Waals surface area contributed by atoms with Crippen molar-refractivity contribution in [3.05, 3.63) is 35.5 Å². The van der Waals surface area contributed by atoms with Crippen LogP contribution in [0.4, 0.5) is 23.1 Å². The van der Waals surface area contributed by atoms with E-state index in [2.05, 4.69) is 52.4 Å². The Morgan fingerprint density at radius 1 is 1.00 bits per heavy atom. The number of aliphatic hydroxyl groups is 1. The predicted octanol–water partition coefficient (Wildman–Crippen LogP) is 1.70. The number of nitrogens with zero attached hydrogens (tertiary/aromatic N) is 5. The number of piperazine rings is 1. The van der Waals surface area contributed by atoms with Crippen molar-refractivity contribution in [2.45, 2.75) is 25.7 Å². The molecule has 2 aromatic rings. The molecular formula is C24H34CoN8O. The first-order valence-electron chi connectivity index (χ1n) is 12.0. The van der Waals surface area contributed by atoms with Gasteiger partial charge in [0, 0.05) is 6.54 Å². The monoisotopic (exact) mass is 509 g/mol. The molecule has 34 heavy (non-hydrogen) atoms. The molecule has 0 aliphatic carbocycles. The molecule has 0 atom stereocenters. The van der Waals surface area contributed by atoms with Crippen molar-refractivity contribution in [3.63, 3.8) is 0 Å². The second-order valence-electron chi connectivity index (χ2n) is 8.73. The van der Waals surface area contributed by atoms with E-state index in [9.17, 15) is 0 Å². The van der Waals surface area contributed by atoms with Gasteiger partial charge in [-0.25, -0.2) is 0 Å². The van der Waals surface area contributed by atoms with E-state index in [0.29, 0.717) is 23.0 Å². The minimum absolute atomic E-state index is 0.207. The predicted molar refractivity (Wildman–Crippen MR) is 134 cm³/mol. The van der Waals surface area contributed by atoms with Crippen LogP contribution in [0.15, 0.2) is 24.3 Å². The van der Waals surface area contributed by atoms with Crippen LogP contribution in [-0.4, -0.2) is 83.2 Å². The second-order valence-corrected chi connectivity index (χ2v) is 9.29. The number of aromatic nitrogens is 2. The maximum absolute atomic E-state index is 9.14. The third-order valence-electron chi connectivity index (χ3n) is 6.46. The summed E-state index contributed by atoms with van der Waals surface area (Å²) in [5.41, 5.74) is 9.12. The Hall–Kier alpha value is -2.37. The standard InChI is InChI=1S/C24H34N8O.Co/c25-17-21-22(18-26)28-24(32-9-3-1-2-4-10-32)29-23(21)27-19-5-7-20(8-6-19)31-13-11-30(12-14-31)15-16-33;/h5-8,18,26,33H,1-4,9-16,25H2,(H,27,28,29);. The van der Waals surface area contributed by atoms with Gasteiger partial charge in [-0.1, -0.05) is 0 Å². The molecule has 0 unspecified atom stereocenters. The van der Waals surface area contributed by atoms with Crippen molar-refractivity contribution in [1.29, 1.82) is 5.41 Å². The molecule has 5 N–H and O–H groups in total. The van der Waals surface area contributed by atoms with E-state index in [1.807, 2.05) is 12.1 Å². The van der Waals surface area contributed by atoms with Crippen molar-refractivity contribution in [3.8, 4) is 0 Å². The van der Waals surface area contributed by atoms with Gasteiger partial charge < -0.3 is 5.11 Å². The summed E-state index contributed by atoms with van der Waals surface area (Å²) >= 11 is 4.42. The van der Waals surface area contributed by atoms with Gasteiger partial charge in [-0.05, 0) is 0 Å². The number of rotatable bonds is 8. The van der Waals surface area contributed by atoms with Crippen LogP contribution in [0.3, 0.4) is 0 Å². The summed E-state index contributed by atoms with van der Waals surface area (Å²) in [7, 11) is 0. The average molecular weight is 510 g/mol. The van der Waals surface area contributed by atoms with Gasteiger partial charge in [0.25, 0.3) is 0 Å². The summed E-state index contributed by atoms with van der Waals surface area (Å²) in [6, 6.07) is 8.27. The van der Waals surface area contributed by atoms with E-state index < -0.39 is 0 Å². The summed E-state index contributed by atoms with van der Waals surface area (Å²) in [5.74, 6) is 1.18. The minimum atomic E-state index is 0.207. The van der Waals surface area contributed by atoms with Gasteiger partial charge in [-0.3, -0.25) is 0 Å². The van der Waals surface area contributed by atoms with Crippen LogP contribution in [0, 0.1) is 5.41 Å². The molecule has 0 amide bonds. The van der Waals surface area contributed by atoms with Crippen LogP contribution in [-0.2, 0) is 15.3 Å². The van der Waals surface area contributed by atoms with E-state index in [1.54, 1.807) is 0 Å². The molecule has 0 radical (unpaired) electrons. The Balaban J connectivity index is 1.54. The van der Waals surface area contributed by atoms with Crippen molar-refractivity contribution in [1.82, 2.24) is 14.9 Å². The van der Waals surface area contributed by atoms with Crippen molar-refractivity contribution in [2.75, 3.05) is 67.5 Å². The zero-order valence-electron chi connectivity index (χ0n) is 19.5. The number of aliphatic hydroxyl groups excluding tert-OH is 1. The topological polar surface area (TPSA) is 118 Å². The fraction of sp³-hybridized carbons (Fsp3) is 0.500. The molecule has 2 aliphatic rings. The second kappa shape index (κ2) is 11.9. The molecule has 10 heteroatoms. The first-order valence-corrected chi connectivity index (χ1v) is 12.5. The fourth-order valence-electron chi connectivity index (χ4n) is 4.56. The Kier molecular flexibility index (Phi) is 8.62. The average Bonchev–Trinajstić information content (AvgIpc) is 3.14. The molecule has 4 rings (SSSR count). The van der Waals surface area contributed by atoms with Crippen LogP contribution in [0.25, 0.3) is 0 Å². The number of nitrogens with two attached hydrogens (primary N) is 1. The van der Waals surface area contributed by atoms with Crippen LogP contribution in [0.5, 0.6) is 0 Å². The normalized spacial score (nSPS) is 17.4.